The van der Waals surface area contributed by atoms with Crippen LogP contribution in [0.1, 0.15) is 36.7 Å². The van der Waals surface area contributed by atoms with Gasteiger partial charge in [-0.05, 0) is 74.9 Å². The van der Waals surface area contributed by atoms with Crippen LogP contribution >= 0.6 is 0 Å². The maximum atomic E-state index is 12.5. The van der Waals surface area contributed by atoms with E-state index in [2.05, 4.69) is 16.0 Å². The van der Waals surface area contributed by atoms with Crippen molar-refractivity contribution in [2.75, 3.05) is 11.9 Å². The molecule has 0 saturated heterocycles. The third-order valence-electron chi connectivity index (χ3n) is 4.53. The molecule has 8 heteroatoms. The van der Waals surface area contributed by atoms with Crippen LogP contribution < -0.4 is 16.0 Å². The van der Waals surface area contributed by atoms with Crippen LogP contribution in [0.3, 0.4) is 0 Å². The Morgan fingerprint density at radius 1 is 0.879 bits per heavy atom. The van der Waals surface area contributed by atoms with Crippen LogP contribution in [0.5, 0.6) is 0 Å². The Morgan fingerprint density at radius 2 is 1.52 bits per heavy atom. The maximum Gasteiger partial charge on any atom is 0.408 e. The summed E-state index contributed by atoms with van der Waals surface area (Å²) < 4.78 is 7.05. The number of aromatic nitrogens is 1. The van der Waals surface area contributed by atoms with Crippen molar-refractivity contribution in [1.29, 1.82) is 0 Å². The highest BCUT2D eigenvalue weighted by Crippen LogP contribution is 2.14. The molecule has 0 unspecified atom stereocenters. The summed E-state index contributed by atoms with van der Waals surface area (Å²) in [6.45, 7) is 5.37. The quantitative estimate of drug-likeness (QED) is 0.511. The topological polar surface area (TPSA) is 101 Å². The minimum Gasteiger partial charge on any atom is -0.444 e. The number of benzene rings is 2. The fourth-order valence-electron chi connectivity index (χ4n) is 2.93. The fraction of sp³-hybridized carbons (Fsp3) is 0.240. The predicted octanol–water partition coefficient (Wildman–Crippen LogP) is 3.87. The Balaban J connectivity index is 1.44. The summed E-state index contributed by atoms with van der Waals surface area (Å²) in [5.41, 5.74) is 2.42. The summed E-state index contributed by atoms with van der Waals surface area (Å²) in [7, 11) is 0. The van der Waals surface area contributed by atoms with Gasteiger partial charge in [0.2, 0.25) is 5.91 Å². The number of rotatable bonds is 7. The van der Waals surface area contributed by atoms with E-state index in [-0.39, 0.29) is 18.4 Å². The van der Waals surface area contributed by atoms with Gasteiger partial charge in [-0.2, -0.15) is 0 Å². The van der Waals surface area contributed by atoms with E-state index < -0.39 is 11.7 Å². The van der Waals surface area contributed by atoms with Gasteiger partial charge in [0.15, 0.2) is 0 Å². The minimum atomic E-state index is -0.642. The summed E-state index contributed by atoms with van der Waals surface area (Å²) in [6, 6.07) is 18.4. The molecule has 0 saturated carbocycles. The predicted molar refractivity (Wildman–Crippen MR) is 126 cm³/mol. The van der Waals surface area contributed by atoms with Crippen molar-refractivity contribution >= 4 is 23.6 Å². The summed E-state index contributed by atoms with van der Waals surface area (Å²) in [6.07, 6.45) is 3.24. The lowest BCUT2D eigenvalue weighted by atomic mass is 10.1. The van der Waals surface area contributed by atoms with E-state index in [1.54, 1.807) is 45.0 Å². The van der Waals surface area contributed by atoms with Gasteiger partial charge < -0.3 is 25.3 Å². The molecule has 0 atom stereocenters. The van der Waals surface area contributed by atoms with Crippen molar-refractivity contribution in [3.63, 3.8) is 0 Å². The first-order valence-electron chi connectivity index (χ1n) is 10.6. The molecular weight excluding hydrogens is 420 g/mol. The Morgan fingerprint density at radius 3 is 2.12 bits per heavy atom. The van der Waals surface area contributed by atoms with Crippen LogP contribution in [0, 0.1) is 0 Å². The summed E-state index contributed by atoms with van der Waals surface area (Å²) in [4.78, 5) is 36.0. The van der Waals surface area contributed by atoms with Gasteiger partial charge in [-0.15, -0.1) is 0 Å². The highest BCUT2D eigenvalue weighted by molar-refractivity contribution is 6.04. The minimum absolute atomic E-state index is 0.174. The van der Waals surface area contributed by atoms with E-state index in [4.69, 9.17) is 4.74 Å². The molecule has 1 heterocycles. The normalized spacial score (nSPS) is 10.9. The van der Waals surface area contributed by atoms with Crippen LogP contribution in [0.2, 0.25) is 0 Å². The number of nitrogens with one attached hydrogen (secondary N) is 3. The Labute approximate surface area is 192 Å². The lowest BCUT2D eigenvalue weighted by Gasteiger charge is -2.19. The number of alkyl carbamates (subject to hydrolysis) is 1. The Hall–Kier alpha value is -4.07. The van der Waals surface area contributed by atoms with E-state index in [9.17, 15) is 14.4 Å². The van der Waals surface area contributed by atoms with Gasteiger partial charge in [-0.25, -0.2) is 4.79 Å². The number of hydrogen-bond donors (Lipinski definition) is 3. The van der Waals surface area contributed by atoms with Crippen molar-refractivity contribution in [1.82, 2.24) is 15.2 Å². The molecule has 3 rings (SSSR count). The molecule has 0 aliphatic carbocycles. The second kappa shape index (κ2) is 10.5. The van der Waals surface area contributed by atoms with Crippen LogP contribution in [0.15, 0.2) is 73.1 Å². The molecule has 33 heavy (non-hydrogen) atoms. The Bertz CT molecular complexity index is 1080. The molecule has 0 bridgehead atoms. The molecular formula is C25H28N4O4. The zero-order chi connectivity index (χ0) is 23.8. The van der Waals surface area contributed by atoms with Crippen molar-refractivity contribution < 1.29 is 19.1 Å². The standard InChI is InChI=1S/C25H28N4O4/c1-25(2,3)33-24(32)27-17-22(30)26-16-18-6-10-20(11-7-18)28-23(31)19-8-12-21(13-9-19)29-14-4-5-15-29/h4-15H,16-17H2,1-3H3,(H,26,30)(H,27,32)(H,28,31). The van der Waals surface area contributed by atoms with E-state index in [1.165, 1.54) is 0 Å². The van der Waals surface area contributed by atoms with Crippen LogP contribution in [0.25, 0.3) is 5.69 Å². The first-order valence-corrected chi connectivity index (χ1v) is 10.6. The maximum absolute atomic E-state index is 12.5. The van der Waals surface area contributed by atoms with Crippen molar-refractivity contribution in [2.45, 2.75) is 32.9 Å². The molecule has 0 aliphatic heterocycles. The zero-order valence-corrected chi connectivity index (χ0v) is 18.9. The number of anilines is 1. The average molecular weight is 449 g/mol. The average Bonchev–Trinajstić information content (AvgIpc) is 3.31. The summed E-state index contributed by atoms with van der Waals surface area (Å²) in [5, 5.41) is 7.99. The number of carbonyl (C=O) groups is 3. The molecule has 3 aromatic rings. The molecule has 0 aliphatic rings. The Kier molecular flexibility index (Phi) is 7.50. The molecule has 0 spiro atoms. The lowest BCUT2D eigenvalue weighted by Crippen LogP contribution is -2.39. The first-order chi connectivity index (χ1) is 15.7. The molecule has 172 valence electrons. The van der Waals surface area contributed by atoms with Crippen LogP contribution in [-0.4, -0.2) is 34.6 Å². The molecule has 1 aromatic heterocycles. The monoisotopic (exact) mass is 448 g/mol. The van der Waals surface area contributed by atoms with Gasteiger partial charge in [-0.3, -0.25) is 9.59 Å². The molecule has 3 N–H and O–H groups in total. The van der Waals surface area contributed by atoms with Crippen LogP contribution in [0.4, 0.5) is 10.5 Å². The van der Waals surface area contributed by atoms with Gasteiger partial charge in [0.25, 0.3) is 5.91 Å². The largest absolute Gasteiger partial charge is 0.444 e. The van der Waals surface area contributed by atoms with Crippen LogP contribution in [-0.2, 0) is 16.1 Å². The fourth-order valence-corrected chi connectivity index (χ4v) is 2.93. The third kappa shape index (κ3) is 7.53. The van der Waals surface area contributed by atoms with Gasteiger partial charge in [-0.1, -0.05) is 12.1 Å². The van der Waals surface area contributed by atoms with Gasteiger partial charge in [0.1, 0.15) is 12.1 Å². The summed E-state index contributed by atoms with van der Waals surface area (Å²) >= 11 is 0. The zero-order valence-electron chi connectivity index (χ0n) is 18.9. The lowest BCUT2D eigenvalue weighted by molar-refractivity contribution is -0.120. The van der Waals surface area contributed by atoms with Gasteiger partial charge in [0.05, 0.1) is 0 Å². The second-order valence-corrected chi connectivity index (χ2v) is 8.42. The number of ether oxygens (including phenoxy) is 1. The third-order valence-corrected chi connectivity index (χ3v) is 4.53. The number of amides is 3. The van der Waals surface area contributed by atoms with Gasteiger partial charge >= 0.3 is 6.09 Å². The number of nitrogens with zero attached hydrogens (tertiary/aromatic N) is 1. The van der Waals surface area contributed by atoms with E-state index in [1.807, 2.05) is 53.4 Å². The van der Waals surface area contributed by atoms with Crippen molar-refractivity contribution in [3.8, 4) is 5.69 Å². The SMILES string of the molecule is CC(C)(C)OC(=O)NCC(=O)NCc1ccc(NC(=O)c2ccc(-n3cccc3)cc2)cc1. The van der Waals surface area contributed by atoms with E-state index in [0.717, 1.165) is 11.3 Å². The van der Waals surface area contributed by atoms with E-state index in [0.29, 0.717) is 17.8 Å². The molecule has 0 radical (unpaired) electrons. The number of carbonyl (C=O) groups excluding carboxylic acids is 3. The summed E-state index contributed by atoms with van der Waals surface area (Å²) in [5.74, 6) is -0.537. The molecule has 8 nitrogen and oxygen atoms in total. The molecule has 2 aromatic carbocycles. The second-order valence-electron chi connectivity index (χ2n) is 8.42. The van der Waals surface area contributed by atoms with Crippen molar-refractivity contribution in [2.24, 2.45) is 0 Å². The smallest absolute Gasteiger partial charge is 0.408 e. The highest BCUT2D eigenvalue weighted by atomic mass is 16.6. The van der Waals surface area contributed by atoms with Crippen molar-refractivity contribution in [3.05, 3.63) is 84.2 Å². The number of hydrogen-bond acceptors (Lipinski definition) is 4. The molecule has 3 amide bonds. The highest BCUT2D eigenvalue weighted by Gasteiger charge is 2.16. The van der Waals surface area contributed by atoms with Gasteiger partial charge in [0, 0.05) is 35.9 Å². The molecule has 0 fully saturated rings. The first kappa shape index (κ1) is 23.6. The van der Waals surface area contributed by atoms with E-state index >= 15 is 0 Å².